The van der Waals surface area contributed by atoms with Crippen molar-refractivity contribution in [3.63, 3.8) is 0 Å². The molecule has 0 spiro atoms. The number of rotatable bonds is 3. The van der Waals surface area contributed by atoms with Gasteiger partial charge in [-0.2, -0.15) is 5.10 Å². The van der Waals surface area contributed by atoms with E-state index in [-0.39, 0.29) is 4.90 Å². The lowest BCUT2D eigenvalue weighted by Gasteiger charge is -2.08. The van der Waals surface area contributed by atoms with Crippen LogP contribution in [0, 0.1) is 0 Å². The molecule has 2 N–H and O–H groups in total. The first-order valence-corrected chi connectivity index (χ1v) is 8.54. The molecule has 0 amide bonds. The molecule has 24 heavy (non-hydrogen) atoms. The fraction of sp³-hybridized carbons (Fsp3) is 0. The maximum Gasteiger partial charge on any atom is 0.238 e. The van der Waals surface area contributed by atoms with Gasteiger partial charge in [0, 0.05) is 30.5 Å². The summed E-state index contributed by atoms with van der Waals surface area (Å²) in [5.41, 5.74) is 2.03. The SMILES string of the molecule is NS(=O)(=O)c1cccc(-n2ccnc2-c2cnn3cccnc23)c1. The lowest BCUT2D eigenvalue weighted by molar-refractivity contribution is 0.597. The van der Waals surface area contributed by atoms with E-state index >= 15 is 0 Å². The zero-order valence-electron chi connectivity index (χ0n) is 12.3. The molecule has 1 aromatic carbocycles. The van der Waals surface area contributed by atoms with Crippen molar-refractivity contribution in [2.24, 2.45) is 5.14 Å². The third-order valence-corrected chi connectivity index (χ3v) is 4.50. The summed E-state index contributed by atoms with van der Waals surface area (Å²) < 4.78 is 26.6. The molecule has 4 aromatic rings. The van der Waals surface area contributed by atoms with Gasteiger partial charge in [-0.1, -0.05) is 6.07 Å². The van der Waals surface area contributed by atoms with Crippen molar-refractivity contribution in [3.05, 3.63) is 61.3 Å². The molecule has 3 heterocycles. The minimum absolute atomic E-state index is 0.0395. The molecule has 0 bridgehead atoms. The largest absolute Gasteiger partial charge is 0.300 e. The van der Waals surface area contributed by atoms with Crippen molar-refractivity contribution in [2.75, 3.05) is 0 Å². The van der Waals surface area contributed by atoms with E-state index in [1.54, 1.807) is 58.3 Å². The molecule has 0 atom stereocenters. The molecule has 0 unspecified atom stereocenters. The fourth-order valence-corrected chi connectivity index (χ4v) is 3.06. The zero-order chi connectivity index (χ0) is 16.7. The Morgan fingerprint density at radius 2 is 1.92 bits per heavy atom. The molecule has 0 saturated heterocycles. The summed E-state index contributed by atoms with van der Waals surface area (Å²) in [5.74, 6) is 0.607. The van der Waals surface area contributed by atoms with Gasteiger partial charge < -0.3 is 0 Å². The molecule has 4 rings (SSSR count). The molecular weight excluding hydrogens is 328 g/mol. The third kappa shape index (κ3) is 2.36. The first-order chi connectivity index (χ1) is 11.5. The average molecular weight is 340 g/mol. The van der Waals surface area contributed by atoms with Gasteiger partial charge in [-0.05, 0) is 24.3 Å². The summed E-state index contributed by atoms with van der Waals surface area (Å²) in [6, 6.07) is 8.14. The standard InChI is InChI=1S/C15H12N6O2S/c16-24(22,23)12-4-1-3-11(9-12)20-8-6-18-14(20)13-10-19-21-7-2-5-17-15(13)21/h1-10H,(H2,16,22,23). The summed E-state index contributed by atoms with van der Waals surface area (Å²) in [6.45, 7) is 0. The highest BCUT2D eigenvalue weighted by Crippen LogP contribution is 2.25. The van der Waals surface area contributed by atoms with Gasteiger partial charge in [0.15, 0.2) is 5.65 Å². The molecule has 0 aliphatic carbocycles. The normalized spacial score (nSPS) is 11.9. The number of sulfonamides is 1. The van der Waals surface area contributed by atoms with Crippen LogP contribution in [0.1, 0.15) is 0 Å². The second-order valence-electron chi connectivity index (χ2n) is 5.11. The van der Waals surface area contributed by atoms with Crippen molar-refractivity contribution in [1.29, 1.82) is 0 Å². The fourth-order valence-electron chi connectivity index (χ4n) is 2.51. The Bertz CT molecular complexity index is 1150. The van der Waals surface area contributed by atoms with E-state index in [0.717, 1.165) is 5.56 Å². The number of hydrogen-bond donors (Lipinski definition) is 1. The minimum atomic E-state index is -3.78. The molecule has 120 valence electrons. The van der Waals surface area contributed by atoms with E-state index in [9.17, 15) is 8.42 Å². The lowest BCUT2D eigenvalue weighted by Crippen LogP contribution is -2.12. The van der Waals surface area contributed by atoms with Crippen LogP contribution in [-0.2, 0) is 10.0 Å². The molecule has 8 nitrogen and oxygen atoms in total. The number of fused-ring (bicyclic) bond motifs is 1. The molecule has 0 fully saturated rings. The monoisotopic (exact) mass is 340 g/mol. The van der Waals surface area contributed by atoms with Crippen LogP contribution in [0.3, 0.4) is 0 Å². The Kier molecular flexibility index (Phi) is 3.18. The second-order valence-corrected chi connectivity index (χ2v) is 6.67. The second kappa shape index (κ2) is 5.25. The van der Waals surface area contributed by atoms with Crippen LogP contribution < -0.4 is 5.14 Å². The number of benzene rings is 1. The zero-order valence-corrected chi connectivity index (χ0v) is 13.1. The Labute approximate surface area is 137 Å². The van der Waals surface area contributed by atoms with Crippen molar-refractivity contribution in [1.82, 2.24) is 24.1 Å². The minimum Gasteiger partial charge on any atom is -0.300 e. The van der Waals surface area contributed by atoms with Crippen LogP contribution >= 0.6 is 0 Å². The van der Waals surface area contributed by atoms with Crippen molar-refractivity contribution < 1.29 is 8.42 Å². The lowest BCUT2D eigenvalue weighted by atomic mass is 10.2. The summed E-state index contributed by atoms with van der Waals surface area (Å²) in [7, 11) is -3.78. The number of primary sulfonamides is 1. The Morgan fingerprint density at radius 3 is 2.75 bits per heavy atom. The highest BCUT2D eigenvalue weighted by Gasteiger charge is 2.15. The van der Waals surface area contributed by atoms with Gasteiger partial charge in [0.05, 0.1) is 16.7 Å². The average Bonchev–Trinajstić information content (AvgIpc) is 3.20. The van der Waals surface area contributed by atoms with Crippen molar-refractivity contribution in [2.45, 2.75) is 4.90 Å². The molecular formula is C15H12N6O2S. The molecule has 3 aromatic heterocycles. The van der Waals surface area contributed by atoms with E-state index in [1.165, 1.54) is 12.1 Å². The van der Waals surface area contributed by atoms with E-state index in [0.29, 0.717) is 17.2 Å². The first kappa shape index (κ1) is 14.5. The van der Waals surface area contributed by atoms with Gasteiger partial charge in [-0.25, -0.2) is 28.0 Å². The van der Waals surface area contributed by atoms with Gasteiger partial charge in [-0.15, -0.1) is 0 Å². The van der Waals surface area contributed by atoms with Gasteiger partial charge in [0.2, 0.25) is 10.0 Å². The smallest absolute Gasteiger partial charge is 0.238 e. The van der Waals surface area contributed by atoms with E-state index < -0.39 is 10.0 Å². The van der Waals surface area contributed by atoms with Crippen LogP contribution in [0.15, 0.2) is 66.2 Å². The third-order valence-electron chi connectivity index (χ3n) is 3.59. The predicted molar refractivity (Wildman–Crippen MR) is 86.9 cm³/mol. The number of imidazole rings is 1. The maximum absolute atomic E-state index is 11.6. The van der Waals surface area contributed by atoms with Crippen molar-refractivity contribution >= 4 is 15.7 Å². The summed E-state index contributed by atoms with van der Waals surface area (Å²) in [5, 5.41) is 9.46. The highest BCUT2D eigenvalue weighted by molar-refractivity contribution is 7.89. The topological polar surface area (TPSA) is 108 Å². The quantitative estimate of drug-likeness (QED) is 0.603. The highest BCUT2D eigenvalue weighted by atomic mass is 32.2. The van der Waals surface area contributed by atoms with Gasteiger partial charge in [0.25, 0.3) is 0 Å². The van der Waals surface area contributed by atoms with E-state index in [4.69, 9.17) is 5.14 Å². The van der Waals surface area contributed by atoms with Crippen LogP contribution in [-0.4, -0.2) is 32.6 Å². The van der Waals surface area contributed by atoms with Gasteiger partial charge >= 0.3 is 0 Å². The Balaban J connectivity index is 1.90. The molecule has 0 aliphatic rings. The predicted octanol–water partition coefficient (Wildman–Crippen LogP) is 1.23. The van der Waals surface area contributed by atoms with Crippen molar-refractivity contribution in [3.8, 4) is 17.1 Å². The van der Waals surface area contributed by atoms with Gasteiger partial charge in [0.1, 0.15) is 5.82 Å². The molecule has 0 saturated carbocycles. The van der Waals surface area contributed by atoms with Gasteiger partial charge in [-0.3, -0.25) is 4.57 Å². The van der Waals surface area contributed by atoms with E-state index in [1.807, 2.05) is 0 Å². The maximum atomic E-state index is 11.6. The van der Waals surface area contributed by atoms with Crippen LogP contribution in [0.25, 0.3) is 22.7 Å². The number of aromatic nitrogens is 5. The number of nitrogens with two attached hydrogens (primary N) is 1. The summed E-state index contributed by atoms with van der Waals surface area (Å²) in [4.78, 5) is 8.73. The molecule has 0 radical (unpaired) electrons. The van der Waals surface area contributed by atoms with Crippen LogP contribution in [0.2, 0.25) is 0 Å². The Morgan fingerprint density at radius 1 is 1.04 bits per heavy atom. The molecule has 9 heteroatoms. The van der Waals surface area contributed by atoms with Crippen LogP contribution in [0.4, 0.5) is 0 Å². The summed E-state index contributed by atoms with van der Waals surface area (Å²) in [6.07, 6.45) is 8.51. The van der Waals surface area contributed by atoms with E-state index in [2.05, 4.69) is 15.1 Å². The summed E-state index contributed by atoms with van der Waals surface area (Å²) >= 11 is 0. The van der Waals surface area contributed by atoms with Crippen LogP contribution in [0.5, 0.6) is 0 Å². The number of hydrogen-bond acceptors (Lipinski definition) is 5. The Hall–Kier alpha value is -3.04. The molecule has 0 aliphatic heterocycles. The number of nitrogens with zero attached hydrogens (tertiary/aromatic N) is 5. The first-order valence-electron chi connectivity index (χ1n) is 6.99.